The van der Waals surface area contributed by atoms with Gasteiger partial charge in [-0.05, 0) is 12.3 Å². The van der Waals surface area contributed by atoms with Gasteiger partial charge in [-0.15, -0.1) is 0 Å². The number of carbonyl (C=O) groups excluding carboxylic acids is 1. The van der Waals surface area contributed by atoms with Crippen LogP contribution >= 0.6 is 0 Å². The van der Waals surface area contributed by atoms with Crippen LogP contribution in [0.4, 0.5) is 0 Å². The van der Waals surface area contributed by atoms with Crippen LogP contribution in [-0.4, -0.2) is 11.8 Å². The molecule has 0 saturated heterocycles. The van der Waals surface area contributed by atoms with E-state index >= 15 is 0 Å². The van der Waals surface area contributed by atoms with E-state index in [4.69, 9.17) is 5.73 Å². The Balaban J connectivity index is 3.44. The molecule has 0 aliphatic rings. The highest BCUT2D eigenvalue weighted by Crippen LogP contribution is 2.08. The standard InChI is InChI=1S/C12H25NO/c1-4-5-6-7-8-9-11(14)12(13)10(2)3/h10,12H,4-9,13H2,1-3H3. The van der Waals surface area contributed by atoms with Crippen molar-refractivity contribution in [3.8, 4) is 0 Å². The molecule has 0 aliphatic carbocycles. The molecule has 2 heteroatoms. The molecule has 2 nitrogen and oxygen atoms in total. The molecule has 0 amide bonds. The lowest BCUT2D eigenvalue weighted by atomic mass is 9.97. The lowest BCUT2D eigenvalue weighted by Crippen LogP contribution is -2.35. The first-order chi connectivity index (χ1) is 6.59. The van der Waals surface area contributed by atoms with Crippen LogP contribution in [0.3, 0.4) is 0 Å². The average molecular weight is 199 g/mol. The monoisotopic (exact) mass is 199 g/mol. The molecule has 0 aliphatic heterocycles. The number of nitrogens with two attached hydrogens (primary N) is 1. The molecule has 0 aromatic rings. The normalized spacial score (nSPS) is 13.2. The van der Waals surface area contributed by atoms with Gasteiger partial charge in [-0.25, -0.2) is 0 Å². The Hall–Kier alpha value is -0.370. The van der Waals surface area contributed by atoms with Gasteiger partial charge in [-0.1, -0.05) is 46.5 Å². The number of hydrogen-bond acceptors (Lipinski definition) is 2. The molecule has 0 bridgehead atoms. The van der Waals surface area contributed by atoms with E-state index in [0.717, 1.165) is 6.42 Å². The molecule has 14 heavy (non-hydrogen) atoms. The van der Waals surface area contributed by atoms with E-state index in [2.05, 4.69) is 6.92 Å². The zero-order valence-electron chi connectivity index (χ0n) is 9.88. The van der Waals surface area contributed by atoms with Crippen LogP contribution in [0.5, 0.6) is 0 Å². The van der Waals surface area contributed by atoms with Crippen LogP contribution in [0, 0.1) is 5.92 Å². The Labute approximate surface area is 88.3 Å². The molecular weight excluding hydrogens is 174 g/mol. The van der Waals surface area contributed by atoms with Crippen molar-refractivity contribution in [3.63, 3.8) is 0 Å². The average Bonchev–Trinajstić information content (AvgIpc) is 2.16. The summed E-state index contributed by atoms with van der Waals surface area (Å²) in [5.41, 5.74) is 5.75. The topological polar surface area (TPSA) is 43.1 Å². The second kappa shape index (κ2) is 7.98. The third-order valence-electron chi connectivity index (χ3n) is 2.62. The molecule has 0 spiro atoms. The van der Waals surface area contributed by atoms with Crippen LogP contribution in [0.25, 0.3) is 0 Å². The van der Waals surface area contributed by atoms with Gasteiger partial charge in [0.15, 0.2) is 0 Å². The molecule has 0 saturated carbocycles. The van der Waals surface area contributed by atoms with Crippen LogP contribution in [-0.2, 0) is 4.79 Å². The minimum absolute atomic E-state index is 0.233. The summed E-state index contributed by atoms with van der Waals surface area (Å²) in [5.74, 6) is 0.509. The molecule has 0 heterocycles. The first-order valence-electron chi connectivity index (χ1n) is 5.87. The van der Waals surface area contributed by atoms with Gasteiger partial charge in [-0.3, -0.25) is 4.79 Å². The number of Topliss-reactive ketones (excluding diaryl/α,β-unsaturated/α-hetero) is 1. The van der Waals surface area contributed by atoms with E-state index in [9.17, 15) is 4.79 Å². The summed E-state index contributed by atoms with van der Waals surface area (Å²) in [5, 5.41) is 0. The van der Waals surface area contributed by atoms with E-state index < -0.39 is 0 Å². The van der Waals surface area contributed by atoms with E-state index in [-0.39, 0.29) is 17.7 Å². The fourth-order valence-corrected chi connectivity index (χ4v) is 1.44. The summed E-state index contributed by atoms with van der Waals surface area (Å²) in [6.45, 7) is 6.19. The van der Waals surface area contributed by atoms with Crippen molar-refractivity contribution < 1.29 is 4.79 Å². The molecule has 1 atom stereocenters. The highest BCUT2D eigenvalue weighted by molar-refractivity contribution is 5.83. The summed E-state index contributed by atoms with van der Waals surface area (Å²) in [6.07, 6.45) is 6.64. The van der Waals surface area contributed by atoms with Crippen molar-refractivity contribution in [2.75, 3.05) is 0 Å². The first kappa shape index (κ1) is 13.6. The number of rotatable bonds is 8. The molecule has 0 rings (SSSR count). The predicted octanol–water partition coefficient (Wildman–Crippen LogP) is 2.90. The van der Waals surface area contributed by atoms with Gasteiger partial charge < -0.3 is 5.73 Å². The number of unbranched alkanes of at least 4 members (excludes halogenated alkanes) is 4. The maximum absolute atomic E-state index is 11.5. The Bertz CT molecular complexity index is 154. The fraction of sp³-hybridized carbons (Fsp3) is 0.917. The molecule has 2 N–H and O–H groups in total. The van der Waals surface area contributed by atoms with Crippen molar-refractivity contribution in [1.82, 2.24) is 0 Å². The Morgan fingerprint density at radius 1 is 1.14 bits per heavy atom. The highest BCUT2D eigenvalue weighted by atomic mass is 16.1. The highest BCUT2D eigenvalue weighted by Gasteiger charge is 2.15. The largest absolute Gasteiger partial charge is 0.321 e. The maximum atomic E-state index is 11.5. The Kier molecular flexibility index (Phi) is 7.77. The summed E-state index contributed by atoms with van der Waals surface area (Å²) < 4.78 is 0. The van der Waals surface area contributed by atoms with Gasteiger partial charge in [0.05, 0.1) is 6.04 Å². The van der Waals surface area contributed by atoms with E-state index in [1.165, 1.54) is 25.7 Å². The third kappa shape index (κ3) is 6.14. The summed E-state index contributed by atoms with van der Waals surface area (Å²) in [6, 6.07) is -0.249. The van der Waals surface area contributed by atoms with Crippen LogP contribution in [0.2, 0.25) is 0 Å². The van der Waals surface area contributed by atoms with Crippen LogP contribution in [0.15, 0.2) is 0 Å². The second-order valence-corrected chi connectivity index (χ2v) is 4.40. The van der Waals surface area contributed by atoms with Crippen LogP contribution in [0.1, 0.15) is 59.3 Å². The van der Waals surface area contributed by atoms with Gasteiger partial charge in [0.2, 0.25) is 0 Å². The van der Waals surface area contributed by atoms with Crippen molar-refractivity contribution in [2.45, 2.75) is 65.3 Å². The van der Waals surface area contributed by atoms with Crippen molar-refractivity contribution in [1.29, 1.82) is 0 Å². The summed E-state index contributed by atoms with van der Waals surface area (Å²) in [4.78, 5) is 11.5. The predicted molar refractivity (Wildman–Crippen MR) is 61.2 cm³/mol. The molecule has 1 unspecified atom stereocenters. The smallest absolute Gasteiger partial charge is 0.149 e. The third-order valence-corrected chi connectivity index (χ3v) is 2.62. The molecular formula is C12H25NO. The lowest BCUT2D eigenvalue weighted by molar-refractivity contribution is -0.121. The summed E-state index contributed by atoms with van der Waals surface area (Å²) >= 11 is 0. The fourth-order valence-electron chi connectivity index (χ4n) is 1.44. The molecule has 0 radical (unpaired) electrons. The molecule has 0 aromatic carbocycles. The van der Waals surface area contributed by atoms with Gasteiger partial charge in [0, 0.05) is 6.42 Å². The van der Waals surface area contributed by atoms with Gasteiger partial charge in [0.25, 0.3) is 0 Å². The number of ketones is 1. The van der Waals surface area contributed by atoms with Crippen molar-refractivity contribution >= 4 is 5.78 Å². The molecule has 0 fully saturated rings. The van der Waals surface area contributed by atoms with Crippen molar-refractivity contribution in [2.24, 2.45) is 11.7 Å². The van der Waals surface area contributed by atoms with Gasteiger partial charge >= 0.3 is 0 Å². The van der Waals surface area contributed by atoms with Crippen LogP contribution < -0.4 is 5.73 Å². The molecule has 0 aromatic heterocycles. The minimum atomic E-state index is -0.249. The lowest BCUT2D eigenvalue weighted by Gasteiger charge is -2.13. The van der Waals surface area contributed by atoms with E-state index in [1.807, 2.05) is 13.8 Å². The van der Waals surface area contributed by atoms with E-state index in [0.29, 0.717) is 6.42 Å². The van der Waals surface area contributed by atoms with E-state index in [1.54, 1.807) is 0 Å². The second-order valence-electron chi connectivity index (χ2n) is 4.40. The number of carbonyl (C=O) groups is 1. The van der Waals surface area contributed by atoms with Gasteiger partial charge in [0.1, 0.15) is 5.78 Å². The summed E-state index contributed by atoms with van der Waals surface area (Å²) in [7, 11) is 0. The first-order valence-corrected chi connectivity index (χ1v) is 5.87. The maximum Gasteiger partial charge on any atom is 0.149 e. The quantitative estimate of drug-likeness (QED) is 0.611. The molecule has 84 valence electrons. The van der Waals surface area contributed by atoms with Crippen molar-refractivity contribution in [3.05, 3.63) is 0 Å². The zero-order chi connectivity index (χ0) is 11.0. The van der Waals surface area contributed by atoms with Gasteiger partial charge in [-0.2, -0.15) is 0 Å². The Morgan fingerprint density at radius 3 is 2.21 bits per heavy atom. The Morgan fingerprint density at radius 2 is 1.71 bits per heavy atom. The minimum Gasteiger partial charge on any atom is -0.321 e. The zero-order valence-corrected chi connectivity index (χ0v) is 9.88. The number of hydrogen-bond donors (Lipinski definition) is 1. The SMILES string of the molecule is CCCCCCCC(=O)C(N)C(C)C.